The van der Waals surface area contributed by atoms with Crippen molar-refractivity contribution in [3.8, 4) is 0 Å². The van der Waals surface area contributed by atoms with Crippen LogP contribution in [-0.4, -0.2) is 78.2 Å². The molecule has 8 heterocycles. The maximum absolute atomic E-state index is 16.2. The molecule has 2 saturated heterocycles. The fourth-order valence-corrected chi connectivity index (χ4v) is 17.5. The van der Waals surface area contributed by atoms with E-state index < -0.39 is 62.9 Å². The lowest BCUT2D eigenvalue weighted by atomic mass is 9.51. The molecule has 2 amide bonds. The van der Waals surface area contributed by atoms with Crippen LogP contribution in [0.4, 0.5) is 20.4 Å². The van der Waals surface area contributed by atoms with Crippen molar-refractivity contribution in [1.29, 1.82) is 0 Å². The molecule has 6 fully saturated rings. The third kappa shape index (κ3) is 11.4. The topological polar surface area (TPSA) is 261 Å². The van der Waals surface area contributed by atoms with Crippen molar-refractivity contribution in [3.05, 3.63) is 139 Å². The van der Waals surface area contributed by atoms with Crippen molar-refractivity contribution in [2.24, 2.45) is 45.1 Å². The number of fused-ring (bicyclic) bond motifs is 6. The summed E-state index contributed by atoms with van der Waals surface area (Å²) in [7, 11) is 0. The van der Waals surface area contributed by atoms with Crippen molar-refractivity contribution in [2.75, 3.05) is 23.8 Å². The van der Waals surface area contributed by atoms with E-state index in [0.717, 1.165) is 57.8 Å². The zero-order chi connectivity index (χ0) is 63.0. The van der Waals surface area contributed by atoms with Crippen molar-refractivity contribution in [3.63, 3.8) is 0 Å². The molecule has 4 aliphatic carbocycles. The summed E-state index contributed by atoms with van der Waals surface area (Å²) in [6, 6.07) is 16.5. The van der Waals surface area contributed by atoms with Gasteiger partial charge in [-0.2, -0.15) is 9.97 Å². The number of ketones is 1. The number of carboxylic acids is 1. The van der Waals surface area contributed by atoms with Crippen LogP contribution in [0.1, 0.15) is 182 Å². The largest absolute Gasteiger partial charge is 0.481 e. The Labute approximate surface area is 546 Å². The Bertz CT molecular complexity index is 3660. The summed E-state index contributed by atoms with van der Waals surface area (Å²) in [6.45, 7) is 9.83. The number of carbonyl (C=O) groups excluding carboxylic acids is 3. The second-order valence-corrected chi connectivity index (χ2v) is 28.9. The van der Waals surface area contributed by atoms with Gasteiger partial charge in [0.1, 0.15) is 51.6 Å². The van der Waals surface area contributed by atoms with E-state index in [0.29, 0.717) is 78.9 Å². The summed E-state index contributed by atoms with van der Waals surface area (Å²) < 4.78 is 52.6. The van der Waals surface area contributed by atoms with Gasteiger partial charge in [-0.15, -0.1) is 12.4 Å². The Morgan fingerprint density at radius 1 is 0.622 bits per heavy atom. The molecule has 480 valence electrons. The number of nitrogens with one attached hydrogen (secondary N) is 2. The quantitative estimate of drug-likeness (QED) is 0.103. The van der Waals surface area contributed by atoms with Crippen LogP contribution in [0.15, 0.2) is 82.5 Å². The first-order chi connectivity index (χ1) is 42.4. The van der Waals surface area contributed by atoms with E-state index in [1.54, 1.807) is 42.5 Å². The van der Waals surface area contributed by atoms with Gasteiger partial charge in [0.05, 0.1) is 40.0 Å². The molecule has 10 atom stereocenters. The van der Waals surface area contributed by atoms with Crippen molar-refractivity contribution in [2.45, 2.75) is 165 Å². The van der Waals surface area contributed by atoms with Crippen LogP contribution >= 0.6 is 58.8 Å². The average molecular weight is 1340 g/mol. The van der Waals surface area contributed by atoms with Crippen molar-refractivity contribution < 1.29 is 51.6 Å². The van der Waals surface area contributed by atoms with Crippen molar-refractivity contribution >= 4 is 94.0 Å². The van der Waals surface area contributed by atoms with Gasteiger partial charge >= 0.3 is 5.97 Å². The van der Waals surface area contributed by atoms with Gasteiger partial charge in [0, 0.05) is 41.3 Å². The van der Waals surface area contributed by atoms with Gasteiger partial charge in [-0.1, -0.05) is 121 Å². The first-order valence-corrected chi connectivity index (χ1v) is 32.1. The van der Waals surface area contributed by atoms with E-state index in [1.807, 2.05) is 6.07 Å². The van der Waals surface area contributed by atoms with Crippen LogP contribution in [0.3, 0.4) is 0 Å². The summed E-state index contributed by atoms with van der Waals surface area (Å²) in [5.41, 5.74) is 3.85. The highest BCUT2D eigenvalue weighted by Gasteiger charge is 2.75. The summed E-state index contributed by atoms with van der Waals surface area (Å²) in [6.07, 6.45) is 12.8. The number of aromatic nitrogens is 6. The molecule has 14 rings (SSSR count). The lowest BCUT2D eigenvalue weighted by Gasteiger charge is -2.50. The number of anilines is 2. The maximum Gasteiger partial charge on any atom is 0.307 e. The number of Topliss-reactive ketones (excluding diaryl/α,β-unsaturated/α-hetero) is 1. The number of aliphatic carboxylic acids is 1. The van der Waals surface area contributed by atoms with Crippen LogP contribution in [0, 0.1) is 51.0 Å². The third-order valence-electron chi connectivity index (χ3n) is 21.4. The monoisotopic (exact) mass is 1340 g/mol. The van der Waals surface area contributed by atoms with Gasteiger partial charge in [0.15, 0.2) is 11.6 Å². The fraction of sp³-hybridized carbons (Fsp3) is 0.538. The normalized spacial score (nSPS) is 29.7. The molecular weight excluding hydrogens is 1270 g/mol. The van der Waals surface area contributed by atoms with Crippen LogP contribution in [0.5, 0.6) is 0 Å². The number of nitrogens with two attached hydrogens (primary N) is 1. The van der Waals surface area contributed by atoms with E-state index in [9.17, 15) is 24.3 Å². The SMILES string of the molecule is CC1(C)CCC2(CC1)C[C@@H](C(=O)C[C@@H]1CC[C@@H](c3ncon3)OC1)[C@H](c1cccc(Cl)c1F)[C@]21C(=O)Nc2nc(Cl)ccc21.CC1(C)CCC2(CC1)C[C@@H](C(=O)O)[C@H](c1cccc(Cl)c1F)C21C(=O)Nc2nc(Cl)ccc21.Cl.N[C@@H]1CC[C@@H](c2ncon2)OC1. The van der Waals surface area contributed by atoms with E-state index in [1.165, 1.54) is 24.9 Å². The number of carbonyl (C=O) groups is 4. The minimum atomic E-state index is -1.29. The molecule has 4 aromatic heterocycles. The van der Waals surface area contributed by atoms with Gasteiger partial charge in [-0.3, -0.25) is 19.2 Å². The zero-order valence-electron chi connectivity index (χ0n) is 50.2. The van der Waals surface area contributed by atoms with Crippen molar-refractivity contribution in [1.82, 2.24) is 30.2 Å². The number of pyridine rings is 2. The van der Waals surface area contributed by atoms with Crippen LogP contribution in [0.2, 0.25) is 20.4 Å². The zero-order valence-corrected chi connectivity index (χ0v) is 54.1. The Morgan fingerprint density at radius 3 is 1.48 bits per heavy atom. The summed E-state index contributed by atoms with van der Waals surface area (Å²) in [5, 5.41) is 24.2. The molecular formula is C65H72Cl5F2N9O9. The molecule has 5 N–H and O–H groups in total. The number of carboxylic acid groups (broad SMARTS) is 1. The summed E-state index contributed by atoms with van der Waals surface area (Å²) in [5.74, 6) is -4.28. The number of benzene rings is 2. The maximum atomic E-state index is 16.2. The van der Waals surface area contributed by atoms with Gasteiger partial charge in [-0.05, 0) is 153 Å². The summed E-state index contributed by atoms with van der Waals surface area (Å²) in [4.78, 5) is 72.6. The van der Waals surface area contributed by atoms with E-state index in [4.69, 9.17) is 66.1 Å². The van der Waals surface area contributed by atoms with Crippen LogP contribution < -0.4 is 16.4 Å². The number of amides is 2. The standard InChI is InChI=1S/C33H35Cl2FN4O4.C25H25Cl2FN2O3.C7H11N3O2.ClH/c1-31(2)10-12-32(13-11-31)15-20(23(41)14-18-6-8-24(43-16-18)29-37-17-44-40-29)26(19-4-3-5-22(34)27(19)36)33(32)21-7-9-25(35)38-28(21)39-30(33)42;1-23(2)8-10-24(11-9-23)12-14(21(31)32)18(13-4-3-5-16(26)19(13)28)25(24)15-6-7-17(27)29-20(15)30-22(25)33;8-5-1-2-6(11-3-5)7-9-4-12-10-7;/h3-5,7,9,17-18,20,24,26H,6,8,10-16H2,1-2H3,(H,38,39,42);3-7,14,18H,8-12H2,1-2H3,(H,31,32)(H,29,30,33);4-6H,1-3,8H2;1H/t18-,20-,24-,26-,33+;14-,18+,25?;5-,6+;/m011./s1. The van der Waals surface area contributed by atoms with Gasteiger partial charge in [0.2, 0.25) is 24.6 Å². The lowest BCUT2D eigenvalue weighted by Crippen LogP contribution is -2.52. The number of hydrogen-bond donors (Lipinski definition) is 4. The second kappa shape index (κ2) is 25.3. The molecule has 0 radical (unpaired) electrons. The molecule has 1 unspecified atom stereocenters. The van der Waals surface area contributed by atoms with E-state index in [-0.39, 0.29) is 104 Å². The molecule has 4 spiro atoms. The van der Waals surface area contributed by atoms with Crippen LogP contribution in [0.25, 0.3) is 0 Å². The number of rotatable bonds is 8. The van der Waals surface area contributed by atoms with Gasteiger partial charge < -0.3 is 40.0 Å². The molecule has 6 aromatic rings. The first kappa shape index (κ1) is 65.8. The molecule has 90 heavy (non-hydrogen) atoms. The number of nitrogens with zero attached hydrogens (tertiary/aromatic N) is 6. The minimum Gasteiger partial charge on any atom is -0.481 e. The highest BCUT2D eigenvalue weighted by molar-refractivity contribution is 6.31. The second-order valence-electron chi connectivity index (χ2n) is 27.3. The smallest absolute Gasteiger partial charge is 0.307 e. The van der Waals surface area contributed by atoms with Gasteiger partial charge in [0.25, 0.3) is 0 Å². The highest BCUT2D eigenvalue weighted by atomic mass is 35.5. The summed E-state index contributed by atoms with van der Waals surface area (Å²) >= 11 is 24.9. The number of hydrogen-bond acceptors (Lipinski definition) is 15. The fourth-order valence-electron chi connectivity index (χ4n) is 16.9. The number of halogens is 7. The third-order valence-corrected chi connectivity index (χ3v) is 22.4. The first-order valence-electron chi connectivity index (χ1n) is 30.5. The van der Waals surface area contributed by atoms with E-state index >= 15 is 8.78 Å². The Kier molecular flexibility index (Phi) is 18.5. The average Bonchev–Trinajstić information content (AvgIpc) is 1.51. The van der Waals surface area contributed by atoms with Gasteiger partial charge in [-0.25, -0.2) is 18.7 Å². The number of ether oxygens (including phenoxy) is 2. The van der Waals surface area contributed by atoms with E-state index in [2.05, 4.69) is 73.1 Å². The predicted molar refractivity (Wildman–Crippen MR) is 333 cm³/mol. The molecule has 25 heteroatoms. The highest BCUT2D eigenvalue weighted by Crippen LogP contribution is 2.74. The Balaban J connectivity index is 0.000000159. The predicted octanol–water partition coefficient (Wildman–Crippen LogP) is 14.5. The molecule has 2 aromatic carbocycles. The van der Waals surface area contributed by atoms with Crippen LogP contribution in [-0.2, 0) is 39.5 Å². The Morgan fingerprint density at radius 2 is 1.07 bits per heavy atom. The molecule has 4 saturated carbocycles. The minimum absolute atomic E-state index is 0. The molecule has 18 nitrogen and oxygen atoms in total. The molecule has 4 aliphatic heterocycles. The lowest BCUT2D eigenvalue weighted by molar-refractivity contribution is -0.142. The molecule has 0 bridgehead atoms. The molecule has 8 aliphatic rings. The Hall–Kier alpha value is -5.71.